The summed E-state index contributed by atoms with van der Waals surface area (Å²) in [5.41, 5.74) is -0.985. The van der Waals surface area contributed by atoms with Gasteiger partial charge in [-0.05, 0) is 26.7 Å². The van der Waals surface area contributed by atoms with E-state index in [1.807, 2.05) is 49.2 Å². The summed E-state index contributed by atoms with van der Waals surface area (Å²) in [7, 11) is 1.64. The van der Waals surface area contributed by atoms with E-state index in [1.54, 1.807) is 7.11 Å². The molecule has 0 amide bonds. The van der Waals surface area contributed by atoms with Crippen LogP contribution in [-0.4, -0.2) is 50.9 Å². The van der Waals surface area contributed by atoms with Gasteiger partial charge in [-0.15, -0.1) is 0 Å². The molecule has 0 bridgehead atoms. The molecule has 6 nitrogen and oxygen atoms in total. The second-order valence-electron chi connectivity index (χ2n) is 8.04. The topological polar surface area (TPSA) is 65.4 Å². The molecule has 2 saturated heterocycles. The van der Waals surface area contributed by atoms with Gasteiger partial charge in [-0.3, -0.25) is 4.84 Å². The van der Waals surface area contributed by atoms with Crippen LogP contribution in [0.25, 0.3) is 0 Å². The first-order chi connectivity index (χ1) is 11.9. The lowest BCUT2D eigenvalue weighted by molar-refractivity contribution is -0.334. The van der Waals surface area contributed by atoms with Crippen molar-refractivity contribution in [3.63, 3.8) is 0 Å². The number of hydrogen-bond donors (Lipinski definition) is 2. The van der Waals surface area contributed by atoms with Crippen molar-refractivity contribution in [2.24, 2.45) is 0 Å². The zero-order valence-corrected chi connectivity index (χ0v) is 15.2. The van der Waals surface area contributed by atoms with E-state index >= 15 is 0 Å². The molecule has 3 fully saturated rings. The van der Waals surface area contributed by atoms with Gasteiger partial charge < -0.3 is 15.1 Å². The van der Waals surface area contributed by atoms with Crippen molar-refractivity contribution in [2.75, 3.05) is 7.11 Å². The van der Waals surface area contributed by atoms with Gasteiger partial charge in [0.15, 0.2) is 5.66 Å². The smallest absolute Gasteiger partial charge is 0.214 e. The molecule has 6 heteroatoms. The van der Waals surface area contributed by atoms with E-state index < -0.39 is 17.1 Å². The predicted molar refractivity (Wildman–Crippen MR) is 91.4 cm³/mol. The van der Waals surface area contributed by atoms with E-state index in [1.165, 1.54) is 5.06 Å². The SMILES string of the molecule is COC(C)(C)[C@]12C[C@](O)(c3ccccc3)ON1[C@H]1CCCC[C@H]1N2O. The van der Waals surface area contributed by atoms with Crippen LogP contribution in [0.4, 0.5) is 0 Å². The van der Waals surface area contributed by atoms with Gasteiger partial charge in [-0.1, -0.05) is 43.2 Å². The molecule has 4 rings (SSSR count). The minimum absolute atomic E-state index is 0.00324. The Balaban J connectivity index is 1.81. The Hall–Kier alpha value is -1.02. The average Bonchev–Trinajstić information content (AvgIpc) is 3.08. The summed E-state index contributed by atoms with van der Waals surface area (Å²) in [4.78, 5) is 6.20. The molecule has 1 saturated carbocycles. The Morgan fingerprint density at radius 1 is 1.16 bits per heavy atom. The predicted octanol–water partition coefficient (Wildman–Crippen LogP) is 2.61. The second-order valence-corrected chi connectivity index (χ2v) is 8.04. The van der Waals surface area contributed by atoms with Crippen LogP contribution in [0, 0.1) is 0 Å². The highest BCUT2D eigenvalue weighted by Gasteiger charge is 2.73. The van der Waals surface area contributed by atoms with Crippen LogP contribution in [0.1, 0.15) is 51.5 Å². The molecule has 0 radical (unpaired) electrons. The lowest BCUT2D eigenvalue weighted by Gasteiger charge is -2.46. The first-order valence-corrected chi connectivity index (χ1v) is 9.15. The number of rotatable bonds is 3. The lowest BCUT2D eigenvalue weighted by atomic mass is 9.83. The molecule has 0 aromatic heterocycles. The fraction of sp³-hybridized carbons (Fsp3) is 0.684. The molecule has 2 N–H and O–H groups in total. The van der Waals surface area contributed by atoms with Gasteiger partial charge in [-0.2, -0.15) is 10.1 Å². The van der Waals surface area contributed by atoms with Crippen molar-refractivity contribution < 1.29 is 19.9 Å². The fourth-order valence-electron chi connectivity index (χ4n) is 4.90. The number of fused-ring (bicyclic) bond motifs is 3. The van der Waals surface area contributed by atoms with Crippen LogP contribution in [0.3, 0.4) is 0 Å². The lowest BCUT2D eigenvalue weighted by Crippen LogP contribution is -2.64. The first-order valence-electron chi connectivity index (χ1n) is 9.15. The normalized spacial score (nSPS) is 39.4. The third-order valence-electron chi connectivity index (χ3n) is 6.49. The van der Waals surface area contributed by atoms with Crippen LogP contribution in [0.5, 0.6) is 0 Å². The number of aliphatic hydroxyl groups is 1. The molecule has 0 unspecified atom stereocenters. The molecular weight excluding hydrogens is 320 g/mol. The van der Waals surface area contributed by atoms with Gasteiger partial charge in [0.1, 0.15) is 0 Å². The van der Waals surface area contributed by atoms with Crippen LogP contribution < -0.4 is 0 Å². The number of hydroxylamine groups is 4. The Morgan fingerprint density at radius 2 is 1.80 bits per heavy atom. The number of benzene rings is 1. The largest absolute Gasteiger partial charge is 0.375 e. The molecule has 2 aliphatic heterocycles. The van der Waals surface area contributed by atoms with Gasteiger partial charge in [0.05, 0.1) is 17.7 Å². The maximum atomic E-state index is 11.3. The summed E-state index contributed by atoms with van der Waals surface area (Å²) < 4.78 is 5.80. The van der Waals surface area contributed by atoms with Crippen LogP contribution in [0.2, 0.25) is 0 Å². The van der Waals surface area contributed by atoms with Gasteiger partial charge in [0.2, 0.25) is 5.79 Å². The Morgan fingerprint density at radius 3 is 2.44 bits per heavy atom. The molecule has 1 aliphatic carbocycles. The summed E-state index contributed by atoms with van der Waals surface area (Å²) in [6.45, 7) is 3.89. The second kappa shape index (κ2) is 5.74. The van der Waals surface area contributed by atoms with Crippen molar-refractivity contribution >= 4 is 0 Å². The molecule has 1 aromatic carbocycles. The monoisotopic (exact) mass is 348 g/mol. The highest BCUT2D eigenvalue weighted by atomic mass is 16.8. The number of hydrogen-bond acceptors (Lipinski definition) is 6. The molecule has 2 heterocycles. The maximum Gasteiger partial charge on any atom is 0.214 e. The average molecular weight is 348 g/mol. The van der Waals surface area contributed by atoms with Gasteiger partial charge in [-0.25, -0.2) is 0 Å². The quantitative estimate of drug-likeness (QED) is 0.875. The standard InChI is InChI=1S/C19H28N2O4/c1-17(2,24-3)19-13-18(22,14-9-5-4-6-10-14)25-21(19)16-12-8-7-11-15(16)20(19)23/h4-6,9-10,15-16,22-23H,7-8,11-13H2,1-3H3/t15-,16+,18-,19+/m1/s1. The van der Waals surface area contributed by atoms with E-state index in [9.17, 15) is 10.3 Å². The molecule has 3 aliphatic rings. The molecule has 138 valence electrons. The highest BCUT2D eigenvalue weighted by Crippen LogP contribution is 2.57. The van der Waals surface area contributed by atoms with Gasteiger partial charge in [0, 0.05) is 19.1 Å². The van der Waals surface area contributed by atoms with E-state index in [-0.39, 0.29) is 18.5 Å². The maximum absolute atomic E-state index is 11.3. The zero-order valence-electron chi connectivity index (χ0n) is 15.2. The highest BCUT2D eigenvalue weighted by molar-refractivity contribution is 5.25. The van der Waals surface area contributed by atoms with Gasteiger partial charge in [0.25, 0.3) is 0 Å². The van der Waals surface area contributed by atoms with Crippen LogP contribution in [0.15, 0.2) is 30.3 Å². The fourth-order valence-corrected chi connectivity index (χ4v) is 4.90. The molecule has 1 aromatic rings. The van der Waals surface area contributed by atoms with Crippen LogP contribution >= 0.6 is 0 Å². The summed E-state index contributed by atoms with van der Waals surface area (Å²) in [5.74, 6) is -1.49. The number of methoxy groups -OCH3 is 1. The zero-order chi connectivity index (χ0) is 17.9. The van der Waals surface area contributed by atoms with E-state index in [0.29, 0.717) is 5.56 Å². The minimum atomic E-state index is -1.49. The van der Waals surface area contributed by atoms with Crippen molar-refractivity contribution in [3.05, 3.63) is 35.9 Å². The summed E-state index contributed by atoms with van der Waals surface area (Å²) in [6.07, 6.45) is 4.27. The molecule has 25 heavy (non-hydrogen) atoms. The number of ether oxygens (including phenoxy) is 1. The van der Waals surface area contributed by atoms with E-state index in [0.717, 1.165) is 25.7 Å². The molecule has 4 atom stereocenters. The van der Waals surface area contributed by atoms with E-state index in [2.05, 4.69) is 0 Å². The van der Waals surface area contributed by atoms with Crippen LogP contribution in [-0.2, 0) is 15.4 Å². The number of nitrogens with zero attached hydrogens (tertiary/aromatic N) is 2. The first kappa shape index (κ1) is 17.4. The molecular formula is C19H28N2O4. The van der Waals surface area contributed by atoms with Crippen molar-refractivity contribution in [2.45, 2.75) is 75.1 Å². The third kappa shape index (κ3) is 2.25. The Bertz CT molecular complexity index is 640. The minimum Gasteiger partial charge on any atom is -0.375 e. The van der Waals surface area contributed by atoms with Crippen molar-refractivity contribution in [3.8, 4) is 0 Å². The summed E-state index contributed by atoms with van der Waals surface area (Å²) in [6, 6.07) is 9.44. The summed E-state index contributed by atoms with van der Waals surface area (Å²) in [5, 5.41) is 25.8. The molecule has 0 spiro atoms. The van der Waals surface area contributed by atoms with E-state index in [4.69, 9.17) is 9.57 Å². The Kier molecular flexibility index (Phi) is 3.99. The Labute approximate surface area is 148 Å². The van der Waals surface area contributed by atoms with Crippen molar-refractivity contribution in [1.82, 2.24) is 10.1 Å². The van der Waals surface area contributed by atoms with Gasteiger partial charge >= 0.3 is 0 Å². The third-order valence-corrected chi connectivity index (χ3v) is 6.49. The summed E-state index contributed by atoms with van der Waals surface area (Å²) >= 11 is 0. The van der Waals surface area contributed by atoms with Crippen molar-refractivity contribution in [1.29, 1.82) is 0 Å².